The molecular weight excluding hydrogens is 309 g/mol. The fraction of sp³-hybridized carbons (Fsp3) is 0.0833. The molecule has 1 amide bonds. The Morgan fingerprint density at radius 3 is 2.63 bits per heavy atom. The van der Waals surface area contributed by atoms with Crippen molar-refractivity contribution in [2.75, 3.05) is 5.32 Å². The molecule has 0 aliphatic rings. The van der Waals surface area contributed by atoms with Crippen LogP contribution in [0.1, 0.15) is 15.9 Å². The van der Waals surface area contributed by atoms with Gasteiger partial charge < -0.3 is 5.32 Å². The molecule has 1 aromatic carbocycles. The lowest BCUT2D eigenvalue weighted by Crippen LogP contribution is -2.13. The summed E-state index contributed by atoms with van der Waals surface area (Å²) < 4.78 is 0. The minimum atomic E-state index is -0.351. The summed E-state index contributed by atoms with van der Waals surface area (Å²) in [5.41, 5.74) is 1.26. The van der Waals surface area contributed by atoms with Gasteiger partial charge in [-0.1, -0.05) is 34.8 Å². The van der Waals surface area contributed by atoms with Crippen LogP contribution in [0.2, 0.25) is 15.2 Å². The Bertz CT molecular complexity index is 646. The molecule has 0 bridgehead atoms. The summed E-state index contributed by atoms with van der Waals surface area (Å²) in [5, 5.41) is 3.34. The van der Waals surface area contributed by atoms with Gasteiger partial charge in [0, 0.05) is 10.6 Å². The Kier molecular flexibility index (Phi) is 4.24. The van der Waals surface area contributed by atoms with Gasteiger partial charge in [0.2, 0.25) is 0 Å². The van der Waals surface area contributed by atoms with E-state index >= 15 is 0 Å². The Hall–Kier alpha value is -1.36. The highest BCUT2D eigenvalue weighted by Crippen LogP contribution is 2.26. The van der Waals surface area contributed by atoms with Gasteiger partial charge in [0.1, 0.15) is 11.3 Å². The smallest absolute Gasteiger partial charge is 0.256 e. The molecule has 0 aliphatic carbocycles. The summed E-state index contributed by atoms with van der Waals surface area (Å²) >= 11 is 17.5. The molecule has 0 radical (unpaired) electrons. The molecule has 1 aromatic heterocycles. The molecule has 98 valence electrons. The van der Waals surface area contributed by atoms with Crippen molar-refractivity contribution in [3.63, 3.8) is 0 Å². The summed E-state index contributed by atoms with van der Waals surface area (Å²) in [7, 11) is 0. The lowest BCUT2D eigenvalue weighted by Gasteiger charge is -2.07. The number of hydrogen-bond donors (Lipinski definition) is 1. The molecule has 7 heteroatoms. The van der Waals surface area contributed by atoms with Gasteiger partial charge in [0.05, 0.1) is 0 Å². The summed E-state index contributed by atoms with van der Waals surface area (Å²) in [6.45, 7) is 1.81. The molecule has 0 saturated carbocycles. The van der Waals surface area contributed by atoms with E-state index in [1.54, 1.807) is 18.2 Å². The number of nitrogens with one attached hydrogen (secondary N) is 1. The highest BCUT2D eigenvalue weighted by molar-refractivity contribution is 6.43. The highest BCUT2D eigenvalue weighted by atomic mass is 35.5. The molecule has 0 atom stereocenters. The van der Waals surface area contributed by atoms with E-state index in [1.165, 1.54) is 6.33 Å². The second-order valence-electron chi connectivity index (χ2n) is 3.75. The molecule has 2 aromatic rings. The Balaban J connectivity index is 2.26. The molecule has 0 spiro atoms. The average Bonchev–Trinajstić information content (AvgIpc) is 2.38. The van der Waals surface area contributed by atoms with Gasteiger partial charge in [-0.15, -0.1) is 0 Å². The Labute approximate surface area is 124 Å². The second kappa shape index (κ2) is 5.74. The maximum Gasteiger partial charge on any atom is 0.256 e. The zero-order valence-corrected chi connectivity index (χ0v) is 12.0. The van der Waals surface area contributed by atoms with Crippen molar-refractivity contribution < 1.29 is 4.79 Å². The van der Waals surface area contributed by atoms with Crippen molar-refractivity contribution in [1.29, 1.82) is 0 Å². The van der Waals surface area contributed by atoms with Crippen LogP contribution in [0.25, 0.3) is 0 Å². The zero-order valence-electron chi connectivity index (χ0n) is 9.75. The quantitative estimate of drug-likeness (QED) is 0.852. The van der Waals surface area contributed by atoms with Crippen molar-refractivity contribution in [1.82, 2.24) is 9.97 Å². The SMILES string of the molecule is Cc1cc(C(=O)Nc2ncnc(Cl)c2Cl)ccc1Cl. The molecule has 1 N–H and O–H groups in total. The lowest BCUT2D eigenvalue weighted by atomic mass is 10.1. The van der Waals surface area contributed by atoms with E-state index in [9.17, 15) is 4.79 Å². The number of amides is 1. The lowest BCUT2D eigenvalue weighted by molar-refractivity contribution is 0.102. The number of rotatable bonds is 2. The van der Waals surface area contributed by atoms with Crippen molar-refractivity contribution in [3.8, 4) is 0 Å². The molecular formula is C12H8Cl3N3O. The van der Waals surface area contributed by atoms with Gasteiger partial charge in [0.25, 0.3) is 5.91 Å². The van der Waals surface area contributed by atoms with E-state index in [2.05, 4.69) is 15.3 Å². The number of aromatic nitrogens is 2. The van der Waals surface area contributed by atoms with Crippen molar-refractivity contribution in [2.45, 2.75) is 6.92 Å². The highest BCUT2D eigenvalue weighted by Gasteiger charge is 2.12. The van der Waals surface area contributed by atoms with Gasteiger partial charge in [-0.05, 0) is 30.7 Å². The number of nitrogens with zero attached hydrogens (tertiary/aromatic N) is 2. The Morgan fingerprint density at radius 2 is 1.95 bits per heavy atom. The summed E-state index contributed by atoms with van der Waals surface area (Å²) in [6.07, 6.45) is 1.22. The minimum absolute atomic E-state index is 0.0826. The van der Waals surface area contributed by atoms with Crippen LogP contribution in [0, 0.1) is 6.92 Å². The third-order valence-corrected chi connectivity index (χ3v) is 3.56. The minimum Gasteiger partial charge on any atom is -0.305 e. The van der Waals surface area contributed by atoms with E-state index in [-0.39, 0.29) is 21.9 Å². The van der Waals surface area contributed by atoms with Gasteiger partial charge >= 0.3 is 0 Å². The van der Waals surface area contributed by atoms with Gasteiger partial charge in [-0.25, -0.2) is 9.97 Å². The van der Waals surface area contributed by atoms with E-state index in [0.717, 1.165) is 5.56 Å². The van der Waals surface area contributed by atoms with Crippen LogP contribution >= 0.6 is 34.8 Å². The second-order valence-corrected chi connectivity index (χ2v) is 4.89. The first-order chi connectivity index (χ1) is 8.99. The maximum absolute atomic E-state index is 12.0. The number of hydrogen-bond acceptors (Lipinski definition) is 3. The molecule has 0 unspecified atom stereocenters. The number of carbonyl (C=O) groups excluding carboxylic acids is 1. The van der Waals surface area contributed by atoms with E-state index in [4.69, 9.17) is 34.8 Å². The molecule has 2 rings (SSSR count). The molecule has 0 aliphatic heterocycles. The van der Waals surface area contributed by atoms with Crippen molar-refractivity contribution >= 4 is 46.5 Å². The first-order valence-corrected chi connectivity index (χ1v) is 6.36. The topological polar surface area (TPSA) is 54.9 Å². The fourth-order valence-electron chi connectivity index (χ4n) is 1.40. The fourth-order valence-corrected chi connectivity index (χ4v) is 1.80. The summed E-state index contributed by atoms with van der Waals surface area (Å²) in [5.74, 6) is -0.185. The van der Waals surface area contributed by atoms with Gasteiger partial charge in [-0.2, -0.15) is 0 Å². The normalized spacial score (nSPS) is 10.3. The third kappa shape index (κ3) is 3.15. The van der Waals surface area contributed by atoms with Crippen LogP contribution in [-0.4, -0.2) is 15.9 Å². The zero-order chi connectivity index (χ0) is 14.0. The molecule has 4 nitrogen and oxygen atoms in total. The molecule has 0 fully saturated rings. The number of halogens is 3. The number of anilines is 1. The van der Waals surface area contributed by atoms with Crippen LogP contribution in [0.3, 0.4) is 0 Å². The van der Waals surface area contributed by atoms with Crippen LogP contribution in [0.4, 0.5) is 5.82 Å². The number of carbonyl (C=O) groups is 1. The van der Waals surface area contributed by atoms with Crippen LogP contribution in [0.15, 0.2) is 24.5 Å². The van der Waals surface area contributed by atoms with E-state index < -0.39 is 0 Å². The number of benzene rings is 1. The number of aryl methyl sites for hydroxylation is 1. The summed E-state index contributed by atoms with van der Waals surface area (Å²) in [6, 6.07) is 4.94. The molecule has 1 heterocycles. The maximum atomic E-state index is 12.0. The largest absolute Gasteiger partial charge is 0.305 e. The van der Waals surface area contributed by atoms with E-state index in [1.807, 2.05) is 6.92 Å². The predicted octanol–water partition coefficient (Wildman–Crippen LogP) is 4.00. The predicted molar refractivity (Wildman–Crippen MR) is 76.2 cm³/mol. The molecule has 19 heavy (non-hydrogen) atoms. The third-order valence-electron chi connectivity index (χ3n) is 2.40. The van der Waals surface area contributed by atoms with E-state index in [0.29, 0.717) is 10.6 Å². The monoisotopic (exact) mass is 315 g/mol. The molecule has 0 saturated heterocycles. The first-order valence-electron chi connectivity index (χ1n) is 5.22. The standard InChI is InChI=1S/C12H8Cl3N3O/c1-6-4-7(2-3-8(6)13)12(19)18-11-9(14)10(15)16-5-17-11/h2-5H,1H3,(H,16,17,18,19). The van der Waals surface area contributed by atoms with Gasteiger partial charge in [-0.3, -0.25) is 4.79 Å². The van der Waals surface area contributed by atoms with Crippen molar-refractivity contribution in [2.24, 2.45) is 0 Å². The van der Waals surface area contributed by atoms with Crippen LogP contribution in [0.5, 0.6) is 0 Å². The average molecular weight is 317 g/mol. The Morgan fingerprint density at radius 1 is 1.21 bits per heavy atom. The van der Waals surface area contributed by atoms with Crippen molar-refractivity contribution in [3.05, 3.63) is 50.9 Å². The first kappa shape index (κ1) is 14.1. The van der Waals surface area contributed by atoms with Crippen LogP contribution in [-0.2, 0) is 0 Å². The summed E-state index contributed by atoms with van der Waals surface area (Å²) in [4.78, 5) is 19.6. The van der Waals surface area contributed by atoms with Gasteiger partial charge in [0.15, 0.2) is 11.0 Å². The van der Waals surface area contributed by atoms with Crippen LogP contribution < -0.4 is 5.32 Å².